The van der Waals surface area contributed by atoms with Gasteiger partial charge in [0.1, 0.15) is 11.5 Å². The number of aromatic carboxylic acids is 1. The number of ether oxygens (including phenoxy) is 1. The molecular formula is C14H8BrF3O3. The van der Waals surface area contributed by atoms with Gasteiger partial charge < -0.3 is 9.84 Å². The number of halogens is 4. The van der Waals surface area contributed by atoms with Crippen LogP contribution < -0.4 is 4.74 Å². The average Bonchev–Trinajstić information content (AvgIpc) is 2.40. The van der Waals surface area contributed by atoms with Gasteiger partial charge in [0.2, 0.25) is 0 Å². The van der Waals surface area contributed by atoms with E-state index in [9.17, 15) is 18.0 Å². The number of carboxylic acid groups (broad SMARTS) is 1. The Balaban J connectivity index is 2.38. The molecule has 0 radical (unpaired) electrons. The van der Waals surface area contributed by atoms with Gasteiger partial charge >= 0.3 is 12.1 Å². The van der Waals surface area contributed by atoms with Crippen molar-refractivity contribution >= 4 is 21.9 Å². The second kappa shape index (κ2) is 5.77. The monoisotopic (exact) mass is 360 g/mol. The van der Waals surface area contributed by atoms with Gasteiger partial charge in [-0.3, -0.25) is 0 Å². The molecule has 0 aliphatic rings. The number of carbonyl (C=O) groups is 1. The van der Waals surface area contributed by atoms with Gasteiger partial charge in [-0.25, -0.2) is 4.79 Å². The first-order valence-corrected chi connectivity index (χ1v) is 6.44. The number of benzene rings is 2. The maximum Gasteiger partial charge on any atom is 0.417 e. The highest BCUT2D eigenvalue weighted by molar-refractivity contribution is 9.10. The SMILES string of the molecule is O=C(O)c1ccc(Oc2ccc(Br)cc2)cc1C(F)(F)F. The van der Waals surface area contributed by atoms with E-state index in [1.165, 1.54) is 6.07 Å². The average molecular weight is 361 g/mol. The molecule has 0 fully saturated rings. The molecule has 0 unspecified atom stereocenters. The minimum atomic E-state index is -4.77. The van der Waals surface area contributed by atoms with Gasteiger partial charge in [-0.1, -0.05) is 15.9 Å². The molecule has 1 N–H and O–H groups in total. The molecule has 2 rings (SSSR count). The molecule has 0 aromatic heterocycles. The summed E-state index contributed by atoms with van der Waals surface area (Å²) in [6.45, 7) is 0. The van der Waals surface area contributed by atoms with Crippen LogP contribution in [0.5, 0.6) is 11.5 Å². The molecule has 0 atom stereocenters. The number of hydrogen-bond acceptors (Lipinski definition) is 2. The van der Waals surface area contributed by atoms with Gasteiger partial charge in [0.05, 0.1) is 11.1 Å². The van der Waals surface area contributed by atoms with E-state index < -0.39 is 23.3 Å². The lowest BCUT2D eigenvalue weighted by atomic mass is 10.1. The first kappa shape index (κ1) is 15.4. The van der Waals surface area contributed by atoms with Crippen molar-refractivity contribution in [2.24, 2.45) is 0 Å². The number of rotatable bonds is 3. The van der Waals surface area contributed by atoms with Crippen LogP contribution in [0.25, 0.3) is 0 Å². The maximum atomic E-state index is 12.9. The zero-order valence-corrected chi connectivity index (χ0v) is 11.9. The highest BCUT2D eigenvalue weighted by atomic mass is 79.9. The van der Waals surface area contributed by atoms with Gasteiger partial charge in [-0.15, -0.1) is 0 Å². The quantitative estimate of drug-likeness (QED) is 0.841. The second-order valence-electron chi connectivity index (χ2n) is 4.07. The third-order valence-electron chi connectivity index (χ3n) is 2.58. The van der Waals surface area contributed by atoms with E-state index in [4.69, 9.17) is 9.84 Å². The molecule has 2 aromatic rings. The number of alkyl halides is 3. The van der Waals surface area contributed by atoms with Crippen molar-refractivity contribution in [1.82, 2.24) is 0 Å². The van der Waals surface area contributed by atoms with Crippen molar-refractivity contribution in [2.45, 2.75) is 6.18 Å². The van der Waals surface area contributed by atoms with E-state index in [-0.39, 0.29) is 5.75 Å². The lowest BCUT2D eigenvalue weighted by Crippen LogP contribution is -2.12. The Hall–Kier alpha value is -2.02. The second-order valence-corrected chi connectivity index (χ2v) is 4.98. The predicted molar refractivity (Wildman–Crippen MR) is 72.6 cm³/mol. The fourth-order valence-electron chi connectivity index (χ4n) is 1.65. The van der Waals surface area contributed by atoms with Gasteiger partial charge in [0, 0.05) is 4.47 Å². The summed E-state index contributed by atoms with van der Waals surface area (Å²) in [4.78, 5) is 10.8. The standard InChI is InChI=1S/C14H8BrF3O3/c15-8-1-3-9(4-2-8)21-10-5-6-11(13(19)20)12(7-10)14(16,17)18/h1-7H,(H,19,20). The zero-order chi connectivity index (χ0) is 15.6. The third-order valence-corrected chi connectivity index (χ3v) is 3.10. The molecule has 0 saturated heterocycles. The Bertz CT molecular complexity index is 666. The van der Waals surface area contributed by atoms with Crippen molar-refractivity contribution in [2.75, 3.05) is 0 Å². The summed E-state index contributed by atoms with van der Waals surface area (Å²) in [5.41, 5.74) is -2.06. The molecule has 0 aliphatic carbocycles. The molecule has 0 saturated carbocycles. The third kappa shape index (κ3) is 3.75. The molecule has 0 amide bonds. The van der Waals surface area contributed by atoms with Crippen LogP contribution in [-0.4, -0.2) is 11.1 Å². The summed E-state index contributed by atoms with van der Waals surface area (Å²) in [6.07, 6.45) is -4.77. The van der Waals surface area contributed by atoms with Crippen molar-refractivity contribution in [3.8, 4) is 11.5 Å². The fraction of sp³-hybridized carbons (Fsp3) is 0.0714. The molecular weight excluding hydrogens is 353 g/mol. The summed E-state index contributed by atoms with van der Waals surface area (Å²) in [7, 11) is 0. The summed E-state index contributed by atoms with van der Waals surface area (Å²) in [5, 5.41) is 8.79. The van der Waals surface area contributed by atoms with Crippen molar-refractivity contribution < 1.29 is 27.8 Å². The van der Waals surface area contributed by atoms with E-state index in [1.807, 2.05) is 0 Å². The smallest absolute Gasteiger partial charge is 0.417 e. The summed E-state index contributed by atoms with van der Waals surface area (Å²) in [5.74, 6) is -1.39. The van der Waals surface area contributed by atoms with Crippen molar-refractivity contribution in [3.05, 3.63) is 58.1 Å². The molecule has 7 heteroatoms. The van der Waals surface area contributed by atoms with Gasteiger partial charge in [0.15, 0.2) is 0 Å². The zero-order valence-electron chi connectivity index (χ0n) is 10.3. The highest BCUT2D eigenvalue weighted by Crippen LogP contribution is 2.35. The fourth-order valence-corrected chi connectivity index (χ4v) is 1.91. The molecule has 0 spiro atoms. The first-order valence-electron chi connectivity index (χ1n) is 5.65. The predicted octanol–water partition coefficient (Wildman–Crippen LogP) is 4.96. The van der Waals surface area contributed by atoms with Crippen LogP contribution in [-0.2, 0) is 6.18 Å². The van der Waals surface area contributed by atoms with E-state index >= 15 is 0 Å². The number of hydrogen-bond donors (Lipinski definition) is 1. The summed E-state index contributed by atoms with van der Waals surface area (Å²) in [6, 6.07) is 9.22. The van der Waals surface area contributed by atoms with E-state index in [1.54, 1.807) is 24.3 Å². The largest absolute Gasteiger partial charge is 0.478 e. The Labute approximate surface area is 126 Å². The van der Waals surface area contributed by atoms with Crippen LogP contribution in [0.2, 0.25) is 0 Å². The van der Waals surface area contributed by atoms with E-state index in [0.29, 0.717) is 11.8 Å². The minimum absolute atomic E-state index is 0.0883. The van der Waals surface area contributed by atoms with Crippen LogP contribution in [0.4, 0.5) is 13.2 Å². The van der Waals surface area contributed by atoms with Crippen LogP contribution in [0, 0.1) is 0 Å². The molecule has 0 aliphatic heterocycles. The minimum Gasteiger partial charge on any atom is -0.478 e. The van der Waals surface area contributed by atoms with Gasteiger partial charge in [-0.2, -0.15) is 13.2 Å². The number of carboxylic acids is 1. The molecule has 3 nitrogen and oxygen atoms in total. The van der Waals surface area contributed by atoms with Crippen LogP contribution in [0.15, 0.2) is 46.9 Å². The van der Waals surface area contributed by atoms with Crippen molar-refractivity contribution in [3.63, 3.8) is 0 Å². The Morgan fingerprint density at radius 2 is 1.62 bits per heavy atom. The molecule has 0 bridgehead atoms. The topological polar surface area (TPSA) is 46.5 Å². The normalized spacial score (nSPS) is 11.2. The highest BCUT2D eigenvalue weighted by Gasteiger charge is 2.35. The Kier molecular flexibility index (Phi) is 4.22. The molecule has 110 valence electrons. The van der Waals surface area contributed by atoms with E-state index in [0.717, 1.165) is 10.5 Å². The van der Waals surface area contributed by atoms with Crippen molar-refractivity contribution in [1.29, 1.82) is 0 Å². The van der Waals surface area contributed by atoms with Crippen LogP contribution in [0.1, 0.15) is 15.9 Å². The Morgan fingerprint density at radius 1 is 1.05 bits per heavy atom. The van der Waals surface area contributed by atoms with Crippen LogP contribution in [0.3, 0.4) is 0 Å². The van der Waals surface area contributed by atoms with Gasteiger partial charge in [-0.05, 0) is 42.5 Å². The summed E-state index contributed by atoms with van der Waals surface area (Å²) >= 11 is 3.22. The Morgan fingerprint density at radius 3 is 2.14 bits per heavy atom. The molecule has 0 heterocycles. The lowest BCUT2D eigenvalue weighted by Gasteiger charge is -2.12. The first-order chi connectivity index (χ1) is 9.77. The van der Waals surface area contributed by atoms with E-state index in [2.05, 4.69) is 15.9 Å². The lowest BCUT2D eigenvalue weighted by molar-refractivity contribution is -0.138. The van der Waals surface area contributed by atoms with Crippen LogP contribution >= 0.6 is 15.9 Å². The molecule has 2 aromatic carbocycles. The molecule has 21 heavy (non-hydrogen) atoms. The van der Waals surface area contributed by atoms with Gasteiger partial charge in [0.25, 0.3) is 0 Å². The maximum absolute atomic E-state index is 12.9. The summed E-state index contributed by atoms with van der Waals surface area (Å²) < 4.78 is 44.7.